The molecule has 2 N–H and O–H groups in total. The van der Waals surface area contributed by atoms with Crippen LogP contribution in [0.2, 0.25) is 0 Å². The van der Waals surface area contributed by atoms with E-state index >= 15 is 0 Å². The second kappa shape index (κ2) is 5.56. The molecule has 106 valence electrons. The fraction of sp³-hybridized carbons (Fsp3) is 0.417. The summed E-state index contributed by atoms with van der Waals surface area (Å²) in [7, 11) is -3.86. The van der Waals surface area contributed by atoms with E-state index in [1.807, 2.05) is 0 Å². The second-order valence-corrected chi connectivity index (χ2v) is 6.31. The Morgan fingerprint density at radius 3 is 2.85 bits per heavy atom. The molecule has 0 bridgehead atoms. The van der Waals surface area contributed by atoms with Crippen molar-refractivity contribution >= 4 is 16.0 Å². The van der Waals surface area contributed by atoms with Gasteiger partial charge in [-0.05, 0) is 31.4 Å². The smallest absolute Gasteiger partial charge is 0.306 e. The van der Waals surface area contributed by atoms with Crippen molar-refractivity contribution in [1.82, 2.24) is 9.71 Å². The minimum Gasteiger partial charge on any atom is -0.481 e. The summed E-state index contributed by atoms with van der Waals surface area (Å²) in [6, 6.07) is 4.04. The van der Waals surface area contributed by atoms with Crippen LogP contribution in [-0.4, -0.2) is 30.5 Å². The lowest BCUT2D eigenvalue weighted by Crippen LogP contribution is -2.34. The third-order valence-corrected chi connectivity index (χ3v) is 4.82. The lowest BCUT2D eigenvalue weighted by molar-refractivity contribution is -0.141. The van der Waals surface area contributed by atoms with E-state index in [1.165, 1.54) is 18.3 Å². The van der Waals surface area contributed by atoms with Crippen LogP contribution in [0.5, 0.6) is 0 Å². The summed E-state index contributed by atoms with van der Waals surface area (Å²) in [5.74, 6) is -1.43. The normalized spacial score (nSPS) is 22.4. The van der Waals surface area contributed by atoms with Crippen molar-refractivity contribution in [3.63, 3.8) is 0 Å². The highest BCUT2D eigenvalue weighted by Gasteiger charge is 2.33. The van der Waals surface area contributed by atoms with E-state index in [0.717, 1.165) is 0 Å². The maximum atomic E-state index is 12.2. The average molecular weight is 295 g/mol. The molecule has 0 spiro atoms. The van der Waals surface area contributed by atoms with Gasteiger partial charge in [0.15, 0.2) is 5.69 Å². The van der Waals surface area contributed by atoms with Gasteiger partial charge in [0, 0.05) is 12.2 Å². The number of carboxylic acid groups (broad SMARTS) is 1. The quantitative estimate of drug-likeness (QED) is 0.833. The van der Waals surface area contributed by atoms with Gasteiger partial charge in [0.2, 0.25) is 10.0 Å². The molecule has 7 nitrogen and oxygen atoms in total. The average Bonchev–Trinajstić information content (AvgIpc) is 2.86. The molecule has 8 heteroatoms. The fourth-order valence-electron chi connectivity index (χ4n) is 2.29. The first-order valence-corrected chi connectivity index (χ1v) is 7.52. The van der Waals surface area contributed by atoms with Crippen LogP contribution in [0.3, 0.4) is 0 Å². The molecule has 1 aliphatic rings. The lowest BCUT2D eigenvalue weighted by Gasteiger charge is -2.13. The van der Waals surface area contributed by atoms with Crippen LogP contribution < -0.4 is 4.72 Å². The maximum Gasteiger partial charge on any atom is 0.306 e. The van der Waals surface area contributed by atoms with Crippen LogP contribution >= 0.6 is 0 Å². The number of carbonyl (C=O) groups is 1. The Hall–Kier alpha value is -1.98. The zero-order valence-electron chi connectivity index (χ0n) is 10.5. The number of pyridine rings is 1. The van der Waals surface area contributed by atoms with Gasteiger partial charge in [-0.3, -0.25) is 4.79 Å². The Bertz CT molecular complexity index is 666. The fourth-order valence-corrected chi connectivity index (χ4v) is 3.68. The van der Waals surface area contributed by atoms with E-state index in [2.05, 4.69) is 9.71 Å². The summed E-state index contributed by atoms with van der Waals surface area (Å²) < 4.78 is 26.8. The molecule has 0 aliphatic heterocycles. The van der Waals surface area contributed by atoms with Gasteiger partial charge in [-0.2, -0.15) is 5.26 Å². The van der Waals surface area contributed by atoms with Crippen molar-refractivity contribution in [2.75, 3.05) is 0 Å². The van der Waals surface area contributed by atoms with Gasteiger partial charge in [-0.25, -0.2) is 18.1 Å². The Morgan fingerprint density at radius 1 is 1.50 bits per heavy atom. The Morgan fingerprint density at radius 2 is 2.25 bits per heavy atom. The van der Waals surface area contributed by atoms with Gasteiger partial charge < -0.3 is 5.11 Å². The predicted molar refractivity (Wildman–Crippen MR) is 68.0 cm³/mol. The zero-order valence-corrected chi connectivity index (χ0v) is 11.3. The minimum atomic E-state index is -3.86. The van der Waals surface area contributed by atoms with Gasteiger partial charge in [0.1, 0.15) is 11.0 Å². The summed E-state index contributed by atoms with van der Waals surface area (Å²) >= 11 is 0. The molecule has 0 radical (unpaired) electrons. The summed E-state index contributed by atoms with van der Waals surface area (Å²) in [4.78, 5) is 14.4. The van der Waals surface area contributed by atoms with Crippen molar-refractivity contribution in [3.8, 4) is 6.07 Å². The monoisotopic (exact) mass is 295 g/mol. The second-order valence-electron chi connectivity index (χ2n) is 4.63. The van der Waals surface area contributed by atoms with Crippen molar-refractivity contribution in [3.05, 3.63) is 24.0 Å². The largest absolute Gasteiger partial charge is 0.481 e. The number of rotatable bonds is 4. The van der Waals surface area contributed by atoms with Crippen LogP contribution in [0.4, 0.5) is 0 Å². The van der Waals surface area contributed by atoms with Crippen molar-refractivity contribution in [2.45, 2.75) is 30.2 Å². The number of aliphatic carboxylic acids is 1. The number of sulfonamides is 1. The number of carboxylic acids is 1. The molecule has 1 saturated carbocycles. The Kier molecular flexibility index (Phi) is 4.01. The van der Waals surface area contributed by atoms with Crippen molar-refractivity contribution in [1.29, 1.82) is 5.26 Å². The Balaban J connectivity index is 2.17. The molecule has 1 fully saturated rings. The molecule has 2 rings (SSSR count). The molecule has 1 heterocycles. The molecule has 0 unspecified atom stereocenters. The highest BCUT2D eigenvalue weighted by atomic mass is 32.2. The van der Waals surface area contributed by atoms with Crippen LogP contribution in [0.1, 0.15) is 25.0 Å². The number of nitrogens with zero attached hydrogens (tertiary/aromatic N) is 2. The molecule has 1 aromatic heterocycles. The van der Waals surface area contributed by atoms with E-state index in [-0.39, 0.29) is 17.0 Å². The first-order valence-electron chi connectivity index (χ1n) is 6.04. The number of nitrogens with one attached hydrogen (secondary N) is 1. The first kappa shape index (κ1) is 14.4. The maximum absolute atomic E-state index is 12.2. The highest BCUT2D eigenvalue weighted by Crippen LogP contribution is 2.27. The number of nitriles is 1. The van der Waals surface area contributed by atoms with Gasteiger partial charge >= 0.3 is 5.97 Å². The van der Waals surface area contributed by atoms with Crippen molar-refractivity contribution in [2.24, 2.45) is 5.92 Å². The van der Waals surface area contributed by atoms with Crippen LogP contribution in [0, 0.1) is 17.2 Å². The number of aromatic nitrogens is 1. The summed E-state index contributed by atoms with van der Waals surface area (Å²) in [6.45, 7) is 0. The van der Waals surface area contributed by atoms with Gasteiger partial charge in [-0.1, -0.05) is 0 Å². The third-order valence-electron chi connectivity index (χ3n) is 3.27. The predicted octanol–water partition coefficient (Wildman–Crippen LogP) is 0.485. The lowest BCUT2D eigenvalue weighted by atomic mass is 10.1. The third kappa shape index (κ3) is 2.95. The molecule has 1 aliphatic carbocycles. The summed E-state index contributed by atoms with van der Waals surface area (Å²) in [5, 5.41) is 17.8. The van der Waals surface area contributed by atoms with E-state index in [9.17, 15) is 13.2 Å². The van der Waals surface area contributed by atoms with Gasteiger partial charge in [-0.15, -0.1) is 0 Å². The topological polar surface area (TPSA) is 120 Å². The first-order chi connectivity index (χ1) is 9.44. The molecular formula is C12H13N3O4S. The van der Waals surface area contributed by atoms with E-state index in [1.54, 1.807) is 6.07 Å². The molecule has 2 atom stereocenters. The van der Waals surface area contributed by atoms with Gasteiger partial charge in [0.05, 0.1) is 5.92 Å². The van der Waals surface area contributed by atoms with Crippen LogP contribution in [-0.2, 0) is 14.8 Å². The molecule has 20 heavy (non-hydrogen) atoms. The number of hydrogen-bond acceptors (Lipinski definition) is 5. The van der Waals surface area contributed by atoms with E-state index < -0.39 is 28.0 Å². The zero-order chi connectivity index (χ0) is 14.8. The van der Waals surface area contributed by atoms with E-state index in [4.69, 9.17) is 10.4 Å². The number of hydrogen-bond donors (Lipinski definition) is 2. The van der Waals surface area contributed by atoms with Gasteiger partial charge in [0.25, 0.3) is 0 Å². The Labute approximate surface area is 116 Å². The molecule has 0 saturated heterocycles. The highest BCUT2D eigenvalue weighted by molar-refractivity contribution is 7.89. The molecule has 0 amide bonds. The standard InChI is InChI=1S/C12H13N3O4S/c13-7-10-11(2-1-5-14-10)20(18,19)15-9-4-3-8(6-9)12(16)17/h1-2,5,8-9,15H,3-4,6H2,(H,16,17)/t8-,9+/m1/s1. The molecule has 1 aromatic rings. The SMILES string of the molecule is N#Cc1ncccc1S(=O)(=O)N[C@H]1CC[C@@H](C(=O)O)C1. The summed E-state index contributed by atoms with van der Waals surface area (Å²) in [6.07, 6.45) is 2.52. The van der Waals surface area contributed by atoms with Crippen molar-refractivity contribution < 1.29 is 18.3 Å². The molecular weight excluding hydrogens is 282 g/mol. The summed E-state index contributed by atoms with van der Waals surface area (Å²) in [5.41, 5.74) is -0.173. The van der Waals surface area contributed by atoms with E-state index in [0.29, 0.717) is 12.8 Å². The molecule has 0 aromatic carbocycles. The minimum absolute atomic E-state index is 0.173. The van der Waals surface area contributed by atoms with Crippen LogP contribution in [0.25, 0.3) is 0 Å². The van der Waals surface area contributed by atoms with Crippen LogP contribution in [0.15, 0.2) is 23.2 Å².